The summed E-state index contributed by atoms with van der Waals surface area (Å²) in [4.78, 5) is 13.8. The topological polar surface area (TPSA) is 80.7 Å². The largest absolute Gasteiger partial charge is 0.468 e. The van der Waals surface area contributed by atoms with Crippen LogP contribution in [0.15, 0.2) is 22.8 Å². The number of hydrogen-bond acceptors (Lipinski definition) is 5. The Hall–Kier alpha value is -1.37. The first kappa shape index (κ1) is 15.7. The van der Waals surface area contributed by atoms with Gasteiger partial charge in [-0.3, -0.25) is 9.69 Å². The van der Waals surface area contributed by atoms with E-state index in [1.165, 1.54) is 0 Å². The number of amides is 1. The van der Waals surface area contributed by atoms with Gasteiger partial charge in [0.1, 0.15) is 5.76 Å². The van der Waals surface area contributed by atoms with Crippen molar-refractivity contribution in [2.75, 3.05) is 34.4 Å². The number of likely N-dealkylation sites (N-methyl/N-ethyl adjacent to an activating group) is 1. The fourth-order valence-corrected chi connectivity index (χ4v) is 1.72. The molecular formula is C13H23N3O3. The van der Waals surface area contributed by atoms with Crippen molar-refractivity contribution >= 4 is 5.91 Å². The van der Waals surface area contributed by atoms with Crippen LogP contribution < -0.4 is 11.1 Å². The number of nitrogens with zero attached hydrogens (tertiary/aromatic N) is 1. The molecule has 19 heavy (non-hydrogen) atoms. The predicted octanol–water partition coefficient (Wildman–Crippen LogP) is 0.362. The van der Waals surface area contributed by atoms with Crippen LogP contribution in [0.2, 0.25) is 0 Å². The number of hydrogen-bond donors (Lipinski definition) is 2. The summed E-state index contributed by atoms with van der Waals surface area (Å²) in [7, 11) is 5.46. The highest BCUT2D eigenvalue weighted by Gasteiger charge is 2.19. The molecule has 0 saturated heterocycles. The van der Waals surface area contributed by atoms with E-state index in [1.54, 1.807) is 13.4 Å². The Balaban J connectivity index is 2.46. The molecule has 0 saturated carbocycles. The molecule has 0 aliphatic carbocycles. The van der Waals surface area contributed by atoms with Gasteiger partial charge >= 0.3 is 0 Å². The minimum absolute atomic E-state index is 0.00595. The van der Waals surface area contributed by atoms with Gasteiger partial charge in [-0.2, -0.15) is 0 Å². The molecule has 0 spiro atoms. The van der Waals surface area contributed by atoms with E-state index < -0.39 is 6.04 Å². The highest BCUT2D eigenvalue weighted by Crippen LogP contribution is 2.17. The van der Waals surface area contributed by atoms with Gasteiger partial charge in [-0.05, 0) is 32.6 Å². The number of nitrogens with one attached hydrogen (secondary N) is 1. The van der Waals surface area contributed by atoms with Crippen LogP contribution >= 0.6 is 0 Å². The molecule has 2 unspecified atom stereocenters. The van der Waals surface area contributed by atoms with E-state index in [4.69, 9.17) is 14.9 Å². The van der Waals surface area contributed by atoms with Crippen molar-refractivity contribution in [3.63, 3.8) is 0 Å². The Morgan fingerprint density at radius 1 is 1.58 bits per heavy atom. The van der Waals surface area contributed by atoms with Crippen molar-refractivity contribution in [2.24, 2.45) is 5.73 Å². The predicted molar refractivity (Wildman–Crippen MR) is 72.6 cm³/mol. The second-order valence-corrected chi connectivity index (χ2v) is 4.63. The lowest BCUT2D eigenvalue weighted by Crippen LogP contribution is -2.44. The average Bonchev–Trinajstić information content (AvgIpc) is 2.89. The van der Waals surface area contributed by atoms with Crippen LogP contribution in [0.4, 0.5) is 0 Å². The SMILES string of the molecule is COCCC(N)C(=O)NCC(c1ccco1)N(C)C. The lowest BCUT2D eigenvalue weighted by Gasteiger charge is -2.23. The van der Waals surface area contributed by atoms with Crippen molar-refractivity contribution in [3.8, 4) is 0 Å². The lowest BCUT2D eigenvalue weighted by molar-refractivity contribution is -0.123. The monoisotopic (exact) mass is 269 g/mol. The minimum Gasteiger partial charge on any atom is -0.468 e. The fourth-order valence-electron chi connectivity index (χ4n) is 1.72. The van der Waals surface area contributed by atoms with E-state index in [0.29, 0.717) is 19.6 Å². The number of ether oxygens (including phenoxy) is 1. The van der Waals surface area contributed by atoms with Crippen molar-refractivity contribution in [2.45, 2.75) is 18.5 Å². The van der Waals surface area contributed by atoms with Crippen LogP contribution in [-0.4, -0.2) is 51.2 Å². The van der Waals surface area contributed by atoms with Gasteiger partial charge in [-0.25, -0.2) is 0 Å². The minimum atomic E-state index is -0.542. The second-order valence-electron chi connectivity index (χ2n) is 4.63. The van der Waals surface area contributed by atoms with Gasteiger partial charge < -0.3 is 20.2 Å². The molecular weight excluding hydrogens is 246 g/mol. The molecule has 2 atom stereocenters. The van der Waals surface area contributed by atoms with E-state index in [1.807, 2.05) is 31.1 Å². The van der Waals surface area contributed by atoms with Gasteiger partial charge in [0.15, 0.2) is 0 Å². The van der Waals surface area contributed by atoms with Crippen molar-refractivity contribution < 1.29 is 13.9 Å². The molecule has 6 heteroatoms. The highest BCUT2D eigenvalue weighted by atomic mass is 16.5. The molecule has 0 radical (unpaired) electrons. The molecule has 0 aliphatic rings. The van der Waals surface area contributed by atoms with Crippen LogP contribution in [-0.2, 0) is 9.53 Å². The molecule has 6 nitrogen and oxygen atoms in total. The molecule has 1 aromatic heterocycles. The zero-order valence-corrected chi connectivity index (χ0v) is 11.8. The summed E-state index contributed by atoms with van der Waals surface area (Å²) in [6.45, 7) is 0.934. The zero-order chi connectivity index (χ0) is 14.3. The summed E-state index contributed by atoms with van der Waals surface area (Å²) >= 11 is 0. The molecule has 0 aromatic carbocycles. The maximum atomic E-state index is 11.8. The molecule has 3 N–H and O–H groups in total. The summed E-state index contributed by atoms with van der Waals surface area (Å²) in [6.07, 6.45) is 2.13. The third kappa shape index (κ3) is 5.02. The Labute approximate surface area is 113 Å². The third-order valence-electron chi connectivity index (χ3n) is 2.93. The van der Waals surface area contributed by atoms with Crippen molar-refractivity contribution in [1.29, 1.82) is 0 Å². The van der Waals surface area contributed by atoms with Gasteiger partial charge in [0.25, 0.3) is 0 Å². The van der Waals surface area contributed by atoms with E-state index in [0.717, 1.165) is 5.76 Å². The first-order chi connectivity index (χ1) is 9.06. The van der Waals surface area contributed by atoms with Crippen LogP contribution in [0.3, 0.4) is 0 Å². The van der Waals surface area contributed by atoms with Crippen LogP contribution in [0.1, 0.15) is 18.2 Å². The fraction of sp³-hybridized carbons (Fsp3) is 0.615. The molecule has 1 amide bonds. The maximum Gasteiger partial charge on any atom is 0.237 e. The first-order valence-electron chi connectivity index (χ1n) is 6.28. The van der Waals surface area contributed by atoms with Crippen molar-refractivity contribution in [1.82, 2.24) is 10.2 Å². The third-order valence-corrected chi connectivity index (χ3v) is 2.93. The van der Waals surface area contributed by atoms with E-state index >= 15 is 0 Å². The van der Waals surface area contributed by atoms with E-state index in [2.05, 4.69) is 5.32 Å². The van der Waals surface area contributed by atoms with E-state index in [9.17, 15) is 4.79 Å². The lowest BCUT2D eigenvalue weighted by atomic mass is 10.2. The van der Waals surface area contributed by atoms with Crippen LogP contribution in [0.25, 0.3) is 0 Å². The average molecular weight is 269 g/mol. The van der Waals surface area contributed by atoms with Crippen LogP contribution in [0.5, 0.6) is 0 Å². The standard InChI is InChI=1S/C13H23N3O3/c1-16(2)11(12-5-4-7-19-12)9-15-13(17)10(14)6-8-18-3/h4-5,7,10-11H,6,8-9,14H2,1-3H3,(H,15,17). The summed E-state index contributed by atoms with van der Waals surface area (Å²) in [5, 5.41) is 2.84. The van der Waals surface area contributed by atoms with Crippen molar-refractivity contribution in [3.05, 3.63) is 24.2 Å². The van der Waals surface area contributed by atoms with Gasteiger partial charge in [-0.15, -0.1) is 0 Å². The molecule has 1 heterocycles. The number of carbonyl (C=O) groups excluding carboxylic acids is 1. The number of rotatable bonds is 8. The van der Waals surface area contributed by atoms with Gasteiger partial charge in [0, 0.05) is 20.3 Å². The van der Waals surface area contributed by atoms with Gasteiger partial charge in [-0.1, -0.05) is 0 Å². The highest BCUT2D eigenvalue weighted by molar-refractivity contribution is 5.81. The van der Waals surface area contributed by atoms with Gasteiger partial charge in [0.05, 0.1) is 18.3 Å². The van der Waals surface area contributed by atoms with Gasteiger partial charge in [0.2, 0.25) is 5.91 Å². The molecule has 1 rings (SSSR count). The number of methoxy groups -OCH3 is 1. The van der Waals surface area contributed by atoms with E-state index in [-0.39, 0.29) is 11.9 Å². The maximum absolute atomic E-state index is 11.8. The number of carbonyl (C=O) groups is 1. The quantitative estimate of drug-likeness (QED) is 0.712. The molecule has 0 bridgehead atoms. The first-order valence-corrected chi connectivity index (χ1v) is 6.28. The Morgan fingerprint density at radius 3 is 2.84 bits per heavy atom. The normalized spacial score (nSPS) is 14.4. The summed E-state index contributed by atoms with van der Waals surface area (Å²) in [5.41, 5.74) is 5.76. The zero-order valence-electron chi connectivity index (χ0n) is 11.8. The Bertz CT molecular complexity index is 365. The second kappa shape index (κ2) is 7.93. The summed E-state index contributed by atoms with van der Waals surface area (Å²) in [5.74, 6) is 0.645. The summed E-state index contributed by atoms with van der Waals surface area (Å²) < 4.78 is 10.3. The molecule has 1 aromatic rings. The molecule has 0 aliphatic heterocycles. The van der Waals surface area contributed by atoms with Crippen LogP contribution in [0, 0.1) is 0 Å². The Kier molecular flexibility index (Phi) is 6.55. The number of nitrogens with two attached hydrogens (primary N) is 1. The Morgan fingerprint density at radius 2 is 2.32 bits per heavy atom. The smallest absolute Gasteiger partial charge is 0.237 e. The number of furan rings is 1. The molecule has 108 valence electrons. The summed E-state index contributed by atoms with van der Waals surface area (Å²) in [6, 6.07) is 3.17. The molecule has 0 fully saturated rings.